The average molecular weight is 365 g/mol. The summed E-state index contributed by atoms with van der Waals surface area (Å²) >= 11 is 0. The van der Waals surface area contributed by atoms with Gasteiger partial charge in [-0.1, -0.05) is 48.5 Å². The van der Waals surface area contributed by atoms with Gasteiger partial charge in [0.1, 0.15) is 6.04 Å². The molecule has 27 heavy (non-hydrogen) atoms. The van der Waals surface area contributed by atoms with E-state index in [-0.39, 0.29) is 11.8 Å². The minimum absolute atomic E-state index is 0.00391. The summed E-state index contributed by atoms with van der Waals surface area (Å²) in [5.41, 5.74) is 2.32. The number of amides is 2. The van der Waals surface area contributed by atoms with Crippen LogP contribution in [0.15, 0.2) is 60.7 Å². The minimum Gasteiger partial charge on any atom is -0.368 e. The predicted octanol–water partition coefficient (Wildman–Crippen LogP) is 2.47. The number of piperazine rings is 1. The van der Waals surface area contributed by atoms with Crippen molar-refractivity contribution in [1.29, 1.82) is 0 Å². The Kier molecular flexibility index (Phi) is 6.47. The Morgan fingerprint density at radius 1 is 0.926 bits per heavy atom. The summed E-state index contributed by atoms with van der Waals surface area (Å²) in [7, 11) is 0. The molecule has 5 nitrogen and oxygen atoms in total. The molecule has 3 rings (SSSR count). The lowest BCUT2D eigenvalue weighted by Crippen LogP contribution is -2.54. The fraction of sp³-hybridized carbons (Fsp3) is 0.364. The zero-order chi connectivity index (χ0) is 19.1. The van der Waals surface area contributed by atoms with Gasteiger partial charge < -0.3 is 15.1 Å². The monoisotopic (exact) mass is 365 g/mol. The van der Waals surface area contributed by atoms with E-state index in [0.717, 1.165) is 18.7 Å². The minimum atomic E-state index is -0.489. The third-order valence-electron chi connectivity index (χ3n) is 4.94. The summed E-state index contributed by atoms with van der Waals surface area (Å²) in [6.07, 6.45) is 1.08. The van der Waals surface area contributed by atoms with Crippen molar-refractivity contribution in [3.63, 3.8) is 0 Å². The first-order chi connectivity index (χ1) is 13.1. The molecule has 0 unspecified atom stereocenters. The van der Waals surface area contributed by atoms with Crippen LogP contribution < -0.4 is 10.2 Å². The molecule has 1 fully saturated rings. The highest BCUT2D eigenvalue weighted by Gasteiger charge is 2.25. The van der Waals surface area contributed by atoms with Crippen LogP contribution in [-0.2, 0) is 16.0 Å². The smallest absolute Gasteiger partial charge is 0.244 e. The average Bonchev–Trinajstić information content (AvgIpc) is 2.73. The lowest BCUT2D eigenvalue weighted by molar-refractivity contribution is -0.136. The van der Waals surface area contributed by atoms with Crippen molar-refractivity contribution in [1.82, 2.24) is 10.2 Å². The molecule has 0 spiro atoms. The molecule has 5 heteroatoms. The van der Waals surface area contributed by atoms with Gasteiger partial charge in [0.15, 0.2) is 0 Å². The van der Waals surface area contributed by atoms with E-state index in [1.807, 2.05) is 53.4 Å². The standard InChI is InChI=1S/C22H27N3O2/c1-18(23-21(26)13-12-19-8-4-2-5-9-19)22(27)25-16-14-24(15-17-25)20-10-6-3-7-11-20/h2-11,18H,12-17H2,1H3,(H,23,26)/t18-/m1/s1. The third kappa shape index (κ3) is 5.33. The highest BCUT2D eigenvalue weighted by Crippen LogP contribution is 2.16. The molecular weight excluding hydrogens is 338 g/mol. The summed E-state index contributed by atoms with van der Waals surface area (Å²) in [6, 6.07) is 19.7. The highest BCUT2D eigenvalue weighted by molar-refractivity contribution is 5.87. The third-order valence-corrected chi connectivity index (χ3v) is 4.94. The van der Waals surface area contributed by atoms with Gasteiger partial charge in [-0.2, -0.15) is 0 Å². The van der Waals surface area contributed by atoms with Gasteiger partial charge in [-0.15, -0.1) is 0 Å². The van der Waals surface area contributed by atoms with Crippen LogP contribution in [0.1, 0.15) is 18.9 Å². The maximum Gasteiger partial charge on any atom is 0.244 e. The Balaban J connectivity index is 1.43. The number of hydrogen-bond acceptors (Lipinski definition) is 3. The molecule has 0 aliphatic carbocycles. The molecule has 1 heterocycles. The van der Waals surface area contributed by atoms with Crippen LogP contribution in [0.2, 0.25) is 0 Å². The number of para-hydroxylation sites is 1. The first kappa shape index (κ1) is 19.0. The molecule has 0 aromatic heterocycles. The van der Waals surface area contributed by atoms with Crippen LogP contribution in [0, 0.1) is 0 Å². The largest absolute Gasteiger partial charge is 0.368 e. The highest BCUT2D eigenvalue weighted by atomic mass is 16.2. The van der Waals surface area contributed by atoms with E-state index in [4.69, 9.17) is 0 Å². The molecule has 1 N–H and O–H groups in total. The number of rotatable bonds is 6. The molecule has 142 valence electrons. The molecule has 0 radical (unpaired) electrons. The Morgan fingerprint density at radius 3 is 2.15 bits per heavy atom. The molecule has 2 amide bonds. The fourth-order valence-corrected chi connectivity index (χ4v) is 3.38. The molecule has 0 bridgehead atoms. The van der Waals surface area contributed by atoms with E-state index in [1.54, 1.807) is 6.92 Å². The van der Waals surface area contributed by atoms with Gasteiger partial charge in [0.05, 0.1) is 0 Å². The van der Waals surface area contributed by atoms with E-state index >= 15 is 0 Å². The second kappa shape index (κ2) is 9.21. The molecule has 0 saturated carbocycles. The second-order valence-electron chi connectivity index (χ2n) is 6.92. The SMILES string of the molecule is C[C@@H](NC(=O)CCc1ccccc1)C(=O)N1CCN(c2ccccc2)CC1. The normalized spacial score (nSPS) is 15.3. The molecule has 1 aliphatic heterocycles. The molecule has 2 aromatic carbocycles. The summed E-state index contributed by atoms with van der Waals surface area (Å²) < 4.78 is 0. The van der Waals surface area contributed by atoms with Crippen molar-refractivity contribution < 1.29 is 9.59 Å². The fourth-order valence-electron chi connectivity index (χ4n) is 3.38. The number of carbonyl (C=O) groups excluding carboxylic acids is 2. The van der Waals surface area contributed by atoms with E-state index in [0.29, 0.717) is 25.9 Å². The van der Waals surface area contributed by atoms with Gasteiger partial charge >= 0.3 is 0 Å². The van der Waals surface area contributed by atoms with Crippen molar-refractivity contribution in [2.24, 2.45) is 0 Å². The number of nitrogens with zero attached hydrogens (tertiary/aromatic N) is 2. The van der Waals surface area contributed by atoms with Gasteiger partial charge in [0, 0.05) is 38.3 Å². The van der Waals surface area contributed by atoms with Crippen LogP contribution in [0.25, 0.3) is 0 Å². The molecule has 1 aliphatic rings. The van der Waals surface area contributed by atoms with Crippen LogP contribution in [0.3, 0.4) is 0 Å². The zero-order valence-corrected chi connectivity index (χ0v) is 15.8. The van der Waals surface area contributed by atoms with Crippen LogP contribution >= 0.6 is 0 Å². The van der Waals surface area contributed by atoms with Crippen molar-refractivity contribution >= 4 is 17.5 Å². The van der Waals surface area contributed by atoms with Crippen molar-refractivity contribution in [2.45, 2.75) is 25.8 Å². The molecule has 1 atom stereocenters. The number of carbonyl (C=O) groups is 2. The lowest BCUT2D eigenvalue weighted by Gasteiger charge is -2.37. The number of anilines is 1. The van der Waals surface area contributed by atoms with Crippen LogP contribution in [0.5, 0.6) is 0 Å². The Morgan fingerprint density at radius 2 is 1.52 bits per heavy atom. The van der Waals surface area contributed by atoms with Gasteiger partial charge in [-0.05, 0) is 31.0 Å². The van der Waals surface area contributed by atoms with E-state index in [2.05, 4.69) is 22.3 Å². The second-order valence-corrected chi connectivity index (χ2v) is 6.92. The zero-order valence-electron chi connectivity index (χ0n) is 15.8. The number of nitrogens with one attached hydrogen (secondary N) is 1. The van der Waals surface area contributed by atoms with Gasteiger partial charge in [0.25, 0.3) is 0 Å². The summed E-state index contributed by atoms with van der Waals surface area (Å²) in [6.45, 7) is 4.75. The Labute approximate surface area is 161 Å². The quantitative estimate of drug-likeness (QED) is 0.856. The molecule has 1 saturated heterocycles. The van der Waals surface area contributed by atoms with Crippen molar-refractivity contribution in [3.8, 4) is 0 Å². The maximum atomic E-state index is 12.6. The van der Waals surface area contributed by atoms with Gasteiger partial charge in [-0.3, -0.25) is 9.59 Å². The van der Waals surface area contributed by atoms with Crippen molar-refractivity contribution in [3.05, 3.63) is 66.2 Å². The number of benzene rings is 2. The molecular formula is C22H27N3O2. The summed E-state index contributed by atoms with van der Waals surface area (Å²) in [5, 5.41) is 2.85. The number of aryl methyl sites for hydroxylation is 1. The summed E-state index contributed by atoms with van der Waals surface area (Å²) in [5.74, 6) is -0.0848. The van der Waals surface area contributed by atoms with Gasteiger partial charge in [-0.25, -0.2) is 0 Å². The van der Waals surface area contributed by atoms with Gasteiger partial charge in [0.2, 0.25) is 11.8 Å². The van der Waals surface area contributed by atoms with E-state index in [9.17, 15) is 9.59 Å². The first-order valence-corrected chi connectivity index (χ1v) is 9.55. The Bertz CT molecular complexity index is 741. The topological polar surface area (TPSA) is 52.7 Å². The number of hydrogen-bond donors (Lipinski definition) is 1. The van der Waals surface area contributed by atoms with E-state index < -0.39 is 6.04 Å². The van der Waals surface area contributed by atoms with Crippen LogP contribution in [-0.4, -0.2) is 48.9 Å². The van der Waals surface area contributed by atoms with E-state index in [1.165, 1.54) is 5.69 Å². The maximum absolute atomic E-state index is 12.6. The summed E-state index contributed by atoms with van der Waals surface area (Å²) in [4.78, 5) is 28.9. The predicted molar refractivity (Wildman–Crippen MR) is 108 cm³/mol. The molecule has 2 aromatic rings. The van der Waals surface area contributed by atoms with Crippen molar-refractivity contribution in [2.75, 3.05) is 31.1 Å². The lowest BCUT2D eigenvalue weighted by atomic mass is 10.1. The van der Waals surface area contributed by atoms with Crippen LogP contribution in [0.4, 0.5) is 5.69 Å². The first-order valence-electron chi connectivity index (χ1n) is 9.55. The Hall–Kier alpha value is -2.82.